The van der Waals surface area contributed by atoms with Gasteiger partial charge in [0.15, 0.2) is 0 Å². The van der Waals surface area contributed by atoms with Gasteiger partial charge in [0.25, 0.3) is 0 Å². The number of carbonyl (C=O) groups excluding carboxylic acids is 1. The molecule has 0 saturated carbocycles. The maximum absolute atomic E-state index is 12.6. The summed E-state index contributed by atoms with van der Waals surface area (Å²) in [6.45, 7) is 6.56. The Balaban J connectivity index is 1.88. The Morgan fingerprint density at radius 1 is 1.16 bits per heavy atom. The lowest BCUT2D eigenvalue weighted by molar-refractivity contribution is -0.116. The zero-order chi connectivity index (χ0) is 18.0. The van der Waals surface area contributed by atoms with Gasteiger partial charge < -0.3 is 5.32 Å². The number of imidazole rings is 1. The number of benzene rings is 1. The van der Waals surface area contributed by atoms with Crippen LogP contribution in [0.25, 0.3) is 11.0 Å². The highest BCUT2D eigenvalue weighted by Gasteiger charge is 2.16. The van der Waals surface area contributed by atoms with Crippen molar-refractivity contribution >= 4 is 22.8 Å². The predicted molar refractivity (Wildman–Crippen MR) is 97.7 cm³/mol. The number of aryl methyl sites for hydroxylation is 1. The van der Waals surface area contributed by atoms with Crippen molar-refractivity contribution in [3.63, 3.8) is 0 Å². The molecule has 0 radical (unpaired) electrons. The van der Waals surface area contributed by atoms with Crippen LogP contribution < -0.4 is 11.0 Å². The summed E-state index contributed by atoms with van der Waals surface area (Å²) in [6, 6.07) is 9.47. The third-order valence-electron chi connectivity index (χ3n) is 4.49. The summed E-state index contributed by atoms with van der Waals surface area (Å²) < 4.78 is 4.97. The van der Waals surface area contributed by atoms with Gasteiger partial charge in [0.05, 0.1) is 23.3 Å². The summed E-state index contributed by atoms with van der Waals surface area (Å²) >= 11 is 0. The number of rotatable bonds is 6. The van der Waals surface area contributed by atoms with Crippen LogP contribution in [-0.2, 0) is 17.9 Å². The lowest BCUT2D eigenvalue weighted by Gasteiger charge is -2.14. The quantitative estimate of drug-likeness (QED) is 0.749. The largest absolute Gasteiger partial charge is 0.329 e. The van der Waals surface area contributed by atoms with Gasteiger partial charge in [0.2, 0.25) is 5.91 Å². The Morgan fingerprint density at radius 3 is 2.48 bits per heavy atom. The van der Waals surface area contributed by atoms with E-state index in [0.717, 1.165) is 17.5 Å². The monoisotopic (exact) mass is 341 g/mol. The van der Waals surface area contributed by atoms with Crippen LogP contribution in [0.2, 0.25) is 0 Å². The zero-order valence-electron chi connectivity index (χ0n) is 14.8. The summed E-state index contributed by atoms with van der Waals surface area (Å²) in [5, 5.41) is 7.13. The molecule has 0 fully saturated rings. The van der Waals surface area contributed by atoms with Gasteiger partial charge in [0, 0.05) is 12.6 Å². The Bertz CT molecular complexity index is 950. The highest BCUT2D eigenvalue weighted by molar-refractivity contribution is 5.90. The first kappa shape index (κ1) is 17.0. The van der Waals surface area contributed by atoms with Crippen LogP contribution in [0, 0.1) is 0 Å². The number of aromatic nitrogens is 4. The minimum atomic E-state index is -0.244. The summed E-state index contributed by atoms with van der Waals surface area (Å²) in [5.41, 5.74) is 1.43. The van der Waals surface area contributed by atoms with Crippen LogP contribution in [0.5, 0.6) is 0 Å². The molecule has 3 rings (SSSR count). The highest BCUT2D eigenvalue weighted by Crippen LogP contribution is 2.17. The SMILES string of the molecule is CCC(C)n1nccc1NC(=O)Cn1c(=O)n(CC)c2ccccc21. The summed E-state index contributed by atoms with van der Waals surface area (Å²) in [6.07, 6.45) is 2.57. The molecule has 1 N–H and O–H groups in total. The van der Waals surface area contributed by atoms with Gasteiger partial charge >= 0.3 is 5.69 Å². The van der Waals surface area contributed by atoms with Crippen LogP contribution in [0.15, 0.2) is 41.3 Å². The molecular formula is C18H23N5O2. The second-order valence-corrected chi connectivity index (χ2v) is 6.07. The molecule has 0 aliphatic rings. The predicted octanol–water partition coefficient (Wildman–Crippen LogP) is 2.63. The number of amides is 1. The van der Waals surface area contributed by atoms with E-state index in [1.54, 1.807) is 21.5 Å². The molecule has 132 valence electrons. The fraction of sp³-hybridized carbons (Fsp3) is 0.389. The van der Waals surface area contributed by atoms with Crippen LogP contribution in [0.3, 0.4) is 0 Å². The van der Waals surface area contributed by atoms with Crippen molar-refractivity contribution in [3.05, 3.63) is 47.0 Å². The van der Waals surface area contributed by atoms with Crippen LogP contribution >= 0.6 is 0 Å². The lowest BCUT2D eigenvalue weighted by Crippen LogP contribution is -2.29. The first-order valence-corrected chi connectivity index (χ1v) is 8.58. The molecule has 1 aromatic carbocycles. The van der Waals surface area contributed by atoms with E-state index in [1.165, 1.54) is 4.57 Å². The highest BCUT2D eigenvalue weighted by atomic mass is 16.2. The summed E-state index contributed by atoms with van der Waals surface area (Å²) in [5.74, 6) is 0.401. The topological polar surface area (TPSA) is 73.8 Å². The molecule has 0 spiro atoms. The number of hydrogen-bond donors (Lipinski definition) is 1. The molecule has 7 nitrogen and oxygen atoms in total. The van der Waals surface area contributed by atoms with E-state index in [2.05, 4.69) is 17.3 Å². The van der Waals surface area contributed by atoms with Gasteiger partial charge in [-0.25, -0.2) is 9.48 Å². The number of fused-ring (bicyclic) bond motifs is 1. The Labute approximate surface area is 145 Å². The van der Waals surface area contributed by atoms with Crippen molar-refractivity contribution in [2.45, 2.75) is 46.3 Å². The van der Waals surface area contributed by atoms with E-state index in [9.17, 15) is 9.59 Å². The molecular weight excluding hydrogens is 318 g/mol. The number of anilines is 1. The maximum Gasteiger partial charge on any atom is 0.329 e. The van der Waals surface area contributed by atoms with Crippen LogP contribution in [0.4, 0.5) is 5.82 Å². The van der Waals surface area contributed by atoms with Crippen molar-refractivity contribution in [1.29, 1.82) is 0 Å². The second kappa shape index (κ2) is 6.96. The van der Waals surface area contributed by atoms with Gasteiger partial charge in [-0.05, 0) is 32.4 Å². The second-order valence-electron chi connectivity index (χ2n) is 6.07. The normalized spacial score (nSPS) is 12.4. The molecule has 2 heterocycles. The molecule has 0 saturated heterocycles. The standard InChI is InChI=1S/C18H23N5O2/c1-4-13(3)23-16(10-11-19-23)20-17(24)12-22-15-9-7-6-8-14(15)21(5-2)18(22)25/h6-11,13H,4-5,12H2,1-3H3,(H,20,24). The maximum atomic E-state index is 12.6. The Kier molecular flexibility index (Phi) is 4.74. The number of carbonyl (C=O) groups is 1. The molecule has 1 atom stereocenters. The molecule has 1 unspecified atom stereocenters. The summed E-state index contributed by atoms with van der Waals surface area (Å²) in [7, 11) is 0. The van der Waals surface area contributed by atoms with Gasteiger partial charge in [-0.15, -0.1) is 0 Å². The molecule has 2 aromatic heterocycles. The molecule has 7 heteroatoms. The number of para-hydroxylation sites is 2. The van der Waals surface area contributed by atoms with E-state index >= 15 is 0 Å². The minimum Gasteiger partial charge on any atom is -0.309 e. The molecule has 3 aromatic rings. The van der Waals surface area contributed by atoms with Crippen LogP contribution in [-0.4, -0.2) is 24.8 Å². The average Bonchev–Trinajstić information content (AvgIpc) is 3.17. The van der Waals surface area contributed by atoms with Gasteiger partial charge in [-0.1, -0.05) is 19.1 Å². The number of nitrogens with zero attached hydrogens (tertiary/aromatic N) is 4. The number of hydrogen-bond acceptors (Lipinski definition) is 3. The summed E-state index contributed by atoms with van der Waals surface area (Å²) in [4.78, 5) is 25.1. The van der Waals surface area contributed by atoms with E-state index in [-0.39, 0.29) is 24.2 Å². The first-order chi connectivity index (χ1) is 12.1. The zero-order valence-corrected chi connectivity index (χ0v) is 14.8. The third-order valence-corrected chi connectivity index (χ3v) is 4.49. The van der Waals surface area contributed by atoms with E-state index in [0.29, 0.717) is 12.4 Å². The number of nitrogens with one attached hydrogen (secondary N) is 1. The average molecular weight is 341 g/mol. The van der Waals surface area contributed by atoms with Gasteiger partial charge in [0.1, 0.15) is 12.4 Å². The fourth-order valence-electron chi connectivity index (χ4n) is 2.99. The van der Waals surface area contributed by atoms with Crippen molar-refractivity contribution < 1.29 is 4.79 Å². The van der Waals surface area contributed by atoms with Crippen molar-refractivity contribution in [3.8, 4) is 0 Å². The van der Waals surface area contributed by atoms with E-state index in [1.807, 2.05) is 38.1 Å². The molecule has 0 aliphatic heterocycles. The minimum absolute atomic E-state index is 0.0297. The van der Waals surface area contributed by atoms with Crippen molar-refractivity contribution in [2.75, 3.05) is 5.32 Å². The van der Waals surface area contributed by atoms with E-state index < -0.39 is 0 Å². The van der Waals surface area contributed by atoms with Crippen LogP contribution in [0.1, 0.15) is 33.2 Å². The third kappa shape index (κ3) is 3.09. The first-order valence-electron chi connectivity index (χ1n) is 8.58. The Morgan fingerprint density at radius 2 is 1.84 bits per heavy atom. The fourth-order valence-corrected chi connectivity index (χ4v) is 2.99. The van der Waals surface area contributed by atoms with E-state index in [4.69, 9.17) is 0 Å². The Hall–Kier alpha value is -2.83. The lowest BCUT2D eigenvalue weighted by atomic mass is 10.3. The van der Waals surface area contributed by atoms with Crippen molar-refractivity contribution in [2.24, 2.45) is 0 Å². The van der Waals surface area contributed by atoms with Gasteiger partial charge in [-0.2, -0.15) is 5.10 Å². The van der Waals surface area contributed by atoms with Gasteiger partial charge in [-0.3, -0.25) is 13.9 Å². The molecule has 0 aliphatic carbocycles. The molecule has 1 amide bonds. The molecule has 25 heavy (non-hydrogen) atoms. The molecule has 0 bridgehead atoms. The smallest absolute Gasteiger partial charge is 0.309 e. The van der Waals surface area contributed by atoms with Crippen molar-refractivity contribution in [1.82, 2.24) is 18.9 Å².